The minimum atomic E-state index is -0.215. The van der Waals surface area contributed by atoms with E-state index in [-0.39, 0.29) is 6.29 Å². The van der Waals surface area contributed by atoms with Gasteiger partial charge in [-0.1, -0.05) is 94.8 Å². The first kappa shape index (κ1) is 25.5. The first-order chi connectivity index (χ1) is 16.7. The maximum Gasteiger partial charge on any atom is 0.183 e. The molecule has 2 nitrogen and oxygen atoms in total. The third-order valence-electron chi connectivity index (χ3n) is 8.21. The van der Waals surface area contributed by atoms with Crippen LogP contribution < -0.4 is 0 Å². The molecule has 0 bridgehead atoms. The highest BCUT2D eigenvalue weighted by molar-refractivity contribution is 5.68. The smallest absolute Gasteiger partial charge is 0.183 e. The van der Waals surface area contributed by atoms with Gasteiger partial charge in [0.15, 0.2) is 6.29 Å². The van der Waals surface area contributed by atoms with E-state index in [9.17, 15) is 0 Å². The molecule has 4 rings (SSSR count). The maximum atomic E-state index is 6.07. The number of unbranched alkanes of at least 4 members (excludes halogenated alkanes) is 3. The molecule has 1 saturated carbocycles. The second-order valence-electron chi connectivity index (χ2n) is 10.9. The van der Waals surface area contributed by atoms with Crippen LogP contribution in [0.15, 0.2) is 42.5 Å². The zero-order chi connectivity index (χ0) is 23.8. The Morgan fingerprint density at radius 3 is 2.00 bits per heavy atom. The summed E-state index contributed by atoms with van der Waals surface area (Å²) < 4.78 is 12.1. The summed E-state index contributed by atoms with van der Waals surface area (Å²) in [5.74, 6) is 2.27. The molecule has 2 aromatic rings. The first-order valence-electron chi connectivity index (χ1n) is 14.1. The molecule has 0 N–H and O–H groups in total. The Kier molecular flexibility index (Phi) is 9.65. The zero-order valence-electron chi connectivity index (χ0n) is 21.9. The van der Waals surface area contributed by atoms with E-state index >= 15 is 0 Å². The molecular weight excluding hydrogens is 416 g/mol. The van der Waals surface area contributed by atoms with E-state index in [1.807, 2.05) is 0 Å². The van der Waals surface area contributed by atoms with Crippen molar-refractivity contribution in [3.05, 3.63) is 59.2 Å². The topological polar surface area (TPSA) is 18.5 Å². The Labute approximate surface area is 208 Å². The lowest BCUT2D eigenvalue weighted by Crippen LogP contribution is -2.27. The molecule has 0 atom stereocenters. The summed E-state index contributed by atoms with van der Waals surface area (Å²) in [6, 6.07) is 16.0. The summed E-state index contributed by atoms with van der Waals surface area (Å²) in [6.07, 6.45) is 14.6. The summed E-state index contributed by atoms with van der Waals surface area (Å²) in [6.45, 7) is 8.47. The van der Waals surface area contributed by atoms with Crippen LogP contribution in [0, 0.1) is 18.8 Å². The fraction of sp³-hybridized carbons (Fsp3) is 0.625. The Morgan fingerprint density at radius 1 is 0.706 bits per heavy atom. The van der Waals surface area contributed by atoms with Gasteiger partial charge < -0.3 is 9.47 Å². The van der Waals surface area contributed by atoms with Gasteiger partial charge in [-0.25, -0.2) is 0 Å². The van der Waals surface area contributed by atoms with Gasteiger partial charge in [-0.3, -0.25) is 0 Å². The maximum absolute atomic E-state index is 6.07. The monoisotopic (exact) mass is 462 g/mol. The quantitative estimate of drug-likeness (QED) is 0.327. The molecule has 0 unspecified atom stereocenters. The highest BCUT2D eigenvalue weighted by Crippen LogP contribution is 2.39. The van der Waals surface area contributed by atoms with E-state index in [2.05, 4.69) is 63.2 Å². The van der Waals surface area contributed by atoms with Crippen molar-refractivity contribution in [1.82, 2.24) is 0 Å². The Bertz CT molecular complexity index is 855. The van der Waals surface area contributed by atoms with Gasteiger partial charge in [-0.05, 0) is 73.1 Å². The molecule has 1 aliphatic heterocycles. The van der Waals surface area contributed by atoms with E-state index in [0.29, 0.717) is 5.92 Å². The molecule has 2 aliphatic rings. The minimum absolute atomic E-state index is 0.215. The van der Waals surface area contributed by atoms with Crippen molar-refractivity contribution >= 4 is 0 Å². The summed E-state index contributed by atoms with van der Waals surface area (Å²) in [7, 11) is 0. The molecule has 1 saturated heterocycles. The fourth-order valence-corrected chi connectivity index (χ4v) is 5.95. The van der Waals surface area contributed by atoms with Crippen LogP contribution in [-0.4, -0.2) is 13.2 Å². The first-order valence-corrected chi connectivity index (χ1v) is 14.1. The van der Waals surface area contributed by atoms with Crippen LogP contribution in [0.1, 0.15) is 113 Å². The molecule has 0 amide bonds. The second-order valence-corrected chi connectivity index (χ2v) is 10.9. The van der Waals surface area contributed by atoms with Crippen LogP contribution in [0.25, 0.3) is 11.1 Å². The van der Waals surface area contributed by atoms with Gasteiger partial charge >= 0.3 is 0 Å². The van der Waals surface area contributed by atoms with Crippen LogP contribution >= 0.6 is 0 Å². The summed E-state index contributed by atoms with van der Waals surface area (Å²) >= 11 is 0. The lowest BCUT2D eigenvalue weighted by molar-refractivity contribution is -0.206. The van der Waals surface area contributed by atoms with Gasteiger partial charge in [0.1, 0.15) is 0 Å². The van der Waals surface area contributed by atoms with Crippen molar-refractivity contribution in [1.29, 1.82) is 0 Å². The largest absolute Gasteiger partial charge is 0.348 e. The molecule has 0 spiro atoms. The second kappa shape index (κ2) is 12.9. The molecule has 1 aliphatic carbocycles. The molecule has 1 heterocycles. The Balaban J connectivity index is 1.32. The van der Waals surface area contributed by atoms with Crippen molar-refractivity contribution in [2.24, 2.45) is 11.8 Å². The van der Waals surface area contributed by atoms with Gasteiger partial charge in [-0.2, -0.15) is 0 Å². The molecule has 0 aromatic heterocycles. The molecule has 2 aromatic carbocycles. The van der Waals surface area contributed by atoms with Crippen molar-refractivity contribution in [2.45, 2.75) is 104 Å². The summed E-state index contributed by atoms with van der Waals surface area (Å²) in [5, 5.41) is 0. The predicted octanol–water partition coefficient (Wildman–Crippen LogP) is 9.37. The number of ether oxygens (including phenoxy) is 2. The van der Waals surface area contributed by atoms with Crippen LogP contribution in [0.3, 0.4) is 0 Å². The van der Waals surface area contributed by atoms with Crippen LogP contribution in [0.5, 0.6) is 0 Å². The van der Waals surface area contributed by atoms with E-state index in [0.717, 1.165) is 30.6 Å². The highest BCUT2D eigenvalue weighted by atomic mass is 16.7. The van der Waals surface area contributed by atoms with Crippen molar-refractivity contribution < 1.29 is 9.47 Å². The van der Waals surface area contributed by atoms with Gasteiger partial charge in [0.25, 0.3) is 0 Å². The average molecular weight is 463 g/mol. The Hall–Kier alpha value is -1.64. The van der Waals surface area contributed by atoms with Crippen LogP contribution in [0.4, 0.5) is 0 Å². The van der Waals surface area contributed by atoms with E-state index < -0.39 is 0 Å². The van der Waals surface area contributed by atoms with Crippen molar-refractivity contribution in [2.75, 3.05) is 13.2 Å². The third kappa shape index (κ3) is 6.73. The number of benzene rings is 2. The third-order valence-corrected chi connectivity index (χ3v) is 8.21. The highest BCUT2D eigenvalue weighted by Gasteiger charge is 2.24. The van der Waals surface area contributed by atoms with Gasteiger partial charge in [-0.15, -0.1) is 0 Å². The van der Waals surface area contributed by atoms with E-state index in [4.69, 9.17) is 9.47 Å². The standard InChI is InChI=1S/C32H46O2/c1-4-6-8-10-26-22-33-32(34-23-26)29-17-15-28(16-18-29)31-20-19-30(21-24(31)3)27-13-11-25(12-14-27)9-7-5-2/h15-21,25-27,32H,4-14,22-23H2,1-3H3/t25-,26?,27-,32?. The fourth-order valence-electron chi connectivity index (χ4n) is 5.95. The molecule has 0 radical (unpaired) electrons. The lowest BCUT2D eigenvalue weighted by atomic mass is 9.76. The SMILES string of the molecule is CCCCCC1COC(c2ccc(-c3ccc([C@H]4CC[C@H](CCCC)CC4)cc3C)cc2)OC1. The zero-order valence-corrected chi connectivity index (χ0v) is 21.9. The molecule has 186 valence electrons. The number of rotatable bonds is 10. The number of hydrogen-bond donors (Lipinski definition) is 0. The summed E-state index contributed by atoms with van der Waals surface area (Å²) in [5.41, 5.74) is 6.69. The normalized spacial score (nSPS) is 25.4. The van der Waals surface area contributed by atoms with Gasteiger partial charge in [0.05, 0.1) is 13.2 Å². The van der Waals surface area contributed by atoms with Crippen molar-refractivity contribution in [3.63, 3.8) is 0 Å². The lowest BCUT2D eigenvalue weighted by Gasteiger charge is -2.30. The minimum Gasteiger partial charge on any atom is -0.348 e. The van der Waals surface area contributed by atoms with Gasteiger partial charge in [0.2, 0.25) is 0 Å². The molecule has 34 heavy (non-hydrogen) atoms. The van der Waals surface area contributed by atoms with Crippen LogP contribution in [-0.2, 0) is 9.47 Å². The number of aryl methyl sites for hydroxylation is 1. The van der Waals surface area contributed by atoms with Gasteiger partial charge in [0, 0.05) is 11.5 Å². The average Bonchev–Trinajstić information content (AvgIpc) is 2.88. The molecular formula is C32H46O2. The Morgan fingerprint density at radius 2 is 1.35 bits per heavy atom. The molecule has 2 heteroatoms. The summed E-state index contributed by atoms with van der Waals surface area (Å²) in [4.78, 5) is 0. The van der Waals surface area contributed by atoms with E-state index in [1.165, 1.54) is 87.3 Å². The molecule has 2 fully saturated rings. The van der Waals surface area contributed by atoms with Crippen LogP contribution in [0.2, 0.25) is 0 Å². The van der Waals surface area contributed by atoms with Crippen molar-refractivity contribution in [3.8, 4) is 11.1 Å². The number of hydrogen-bond acceptors (Lipinski definition) is 2. The van der Waals surface area contributed by atoms with E-state index in [1.54, 1.807) is 5.56 Å². The predicted molar refractivity (Wildman–Crippen MR) is 143 cm³/mol.